The predicted molar refractivity (Wildman–Crippen MR) is 126 cm³/mol. The molecular formula is C19H39IN4O3S. The Morgan fingerprint density at radius 1 is 1.04 bits per heavy atom. The van der Waals surface area contributed by atoms with E-state index in [4.69, 9.17) is 4.74 Å². The number of aliphatic imine (C=N–C) groups is 1. The van der Waals surface area contributed by atoms with Gasteiger partial charge in [0.25, 0.3) is 0 Å². The van der Waals surface area contributed by atoms with Crippen molar-refractivity contribution in [3.8, 4) is 0 Å². The maximum atomic E-state index is 12.1. The molecule has 2 fully saturated rings. The van der Waals surface area contributed by atoms with Crippen LogP contribution >= 0.6 is 24.0 Å². The molecule has 0 amide bonds. The molecule has 1 unspecified atom stereocenters. The lowest BCUT2D eigenvalue weighted by molar-refractivity contribution is 0.0200. The molecule has 0 aromatic rings. The molecular weight excluding hydrogens is 491 g/mol. The quantitative estimate of drug-likeness (QED) is 0.165. The zero-order valence-electron chi connectivity index (χ0n) is 17.2. The highest BCUT2D eigenvalue weighted by molar-refractivity contribution is 14.0. The summed E-state index contributed by atoms with van der Waals surface area (Å²) in [6.45, 7) is 2.31. The predicted octanol–water partition coefficient (Wildman–Crippen LogP) is 2.62. The lowest BCUT2D eigenvalue weighted by atomic mass is 10.0. The zero-order chi connectivity index (χ0) is 19.4. The molecule has 1 saturated heterocycles. The van der Waals surface area contributed by atoms with E-state index in [2.05, 4.69) is 20.3 Å². The molecule has 28 heavy (non-hydrogen) atoms. The van der Waals surface area contributed by atoms with Crippen molar-refractivity contribution in [1.82, 2.24) is 15.4 Å². The van der Waals surface area contributed by atoms with Gasteiger partial charge < -0.3 is 15.4 Å². The molecule has 1 aliphatic heterocycles. The molecule has 0 bridgehead atoms. The fourth-order valence-electron chi connectivity index (χ4n) is 3.85. The van der Waals surface area contributed by atoms with E-state index in [9.17, 15) is 8.42 Å². The van der Waals surface area contributed by atoms with E-state index < -0.39 is 10.0 Å². The molecule has 0 radical (unpaired) electrons. The zero-order valence-corrected chi connectivity index (χ0v) is 20.4. The van der Waals surface area contributed by atoms with Crippen LogP contribution in [0.4, 0.5) is 0 Å². The Bertz CT molecular complexity index is 533. The maximum absolute atomic E-state index is 12.1. The SMILES string of the molecule is CN=C(NCCCCC1CCCC1)NCCS(=O)(=O)NCC1CCCCO1.I. The van der Waals surface area contributed by atoms with E-state index >= 15 is 0 Å². The van der Waals surface area contributed by atoms with Gasteiger partial charge in [-0.25, -0.2) is 13.1 Å². The lowest BCUT2D eigenvalue weighted by Gasteiger charge is -2.22. The standard InChI is InChI=1S/C19H38N4O3S.HI/c1-20-19(21-12-6-4-10-17-8-2-3-9-17)22-13-15-27(24,25)23-16-18-11-5-7-14-26-18;/h17-18,23H,2-16H2,1H3,(H2,20,21,22);1H. The summed E-state index contributed by atoms with van der Waals surface area (Å²) < 4.78 is 32.4. The van der Waals surface area contributed by atoms with Gasteiger partial charge in [0.05, 0.1) is 11.9 Å². The van der Waals surface area contributed by atoms with E-state index in [-0.39, 0.29) is 35.8 Å². The molecule has 1 aliphatic carbocycles. The largest absolute Gasteiger partial charge is 0.377 e. The van der Waals surface area contributed by atoms with Crippen LogP contribution in [0, 0.1) is 5.92 Å². The molecule has 166 valence electrons. The average Bonchev–Trinajstić information content (AvgIpc) is 3.19. The van der Waals surface area contributed by atoms with Crippen LogP contribution in [0.5, 0.6) is 0 Å². The van der Waals surface area contributed by atoms with Crippen molar-refractivity contribution < 1.29 is 13.2 Å². The van der Waals surface area contributed by atoms with Crippen molar-refractivity contribution in [3.63, 3.8) is 0 Å². The van der Waals surface area contributed by atoms with Gasteiger partial charge in [0.1, 0.15) is 0 Å². The summed E-state index contributed by atoms with van der Waals surface area (Å²) in [5.74, 6) is 1.64. The van der Waals surface area contributed by atoms with Gasteiger partial charge in [-0.2, -0.15) is 0 Å². The average molecular weight is 531 g/mol. The van der Waals surface area contributed by atoms with Gasteiger partial charge in [-0.05, 0) is 31.6 Å². The third kappa shape index (κ3) is 11.2. The van der Waals surface area contributed by atoms with Crippen LogP contribution < -0.4 is 15.4 Å². The number of hydrogen-bond donors (Lipinski definition) is 3. The Balaban J connectivity index is 0.00000392. The van der Waals surface area contributed by atoms with Gasteiger partial charge in [0, 0.05) is 33.3 Å². The van der Waals surface area contributed by atoms with Crippen molar-refractivity contribution in [2.45, 2.75) is 70.3 Å². The third-order valence-electron chi connectivity index (χ3n) is 5.50. The van der Waals surface area contributed by atoms with Gasteiger partial charge in [-0.3, -0.25) is 4.99 Å². The number of sulfonamides is 1. The van der Waals surface area contributed by atoms with Crippen molar-refractivity contribution in [2.75, 3.05) is 39.0 Å². The highest BCUT2D eigenvalue weighted by Gasteiger charge is 2.17. The molecule has 1 atom stereocenters. The molecule has 3 N–H and O–H groups in total. The Morgan fingerprint density at radius 2 is 1.75 bits per heavy atom. The Hall–Kier alpha value is -0.130. The van der Waals surface area contributed by atoms with E-state index in [1.807, 2.05) is 0 Å². The number of hydrogen-bond acceptors (Lipinski definition) is 4. The highest BCUT2D eigenvalue weighted by atomic mass is 127. The fourth-order valence-corrected chi connectivity index (χ4v) is 4.80. The van der Waals surface area contributed by atoms with Crippen LogP contribution in [-0.4, -0.2) is 59.5 Å². The molecule has 9 heteroatoms. The second-order valence-corrected chi connectivity index (χ2v) is 9.65. The van der Waals surface area contributed by atoms with Crippen molar-refractivity contribution >= 4 is 40.0 Å². The molecule has 0 aromatic carbocycles. The molecule has 2 aliphatic rings. The topological polar surface area (TPSA) is 91.8 Å². The number of halogens is 1. The summed E-state index contributed by atoms with van der Waals surface area (Å²) >= 11 is 0. The van der Waals surface area contributed by atoms with Crippen LogP contribution in [0.3, 0.4) is 0 Å². The monoisotopic (exact) mass is 530 g/mol. The van der Waals surface area contributed by atoms with Crippen LogP contribution in [0.25, 0.3) is 0 Å². The Kier molecular flexibility index (Phi) is 13.7. The minimum atomic E-state index is -3.30. The molecule has 2 rings (SSSR count). The first-order valence-electron chi connectivity index (χ1n) is 10.6. The van der Waals surface area contributed by atoms with Gasteiger partial charge in [-0.1, -0.05) is 38.5 Å². The van der Waals surface area contributed by atoms with Crippen LogP contribution in [0.15, 0.2) is 4.99 Å². The molecule has 0 aromatic heterocycles. The second-order valence-electron chi connectivity index (χ2n) is 7.73. The van der Waals surface area contributed by atoms with Gasteiger partial charge >= 0.3 is 0 Å². The van der Waals surface area contributed by atoms with Gasteiger partial charge in [0.15, 0.2) is 5.96 Å². The van der Waals surface area contributed by atoms with Crippen LogP contribution in [0.1, 0.15) is 64.2 Å². The first kappa shape index (κ1) is 25.9. The van der Waals surface area contributed by atoms with Crippen LogP contribution in [0.2, 0.25) is 0 Å². The molecule has 1 saturated carbocycles. The summed E-state index contributed by atoms with van der Waals surface area (Å²) in [6, 6.07) is 0. The number of rotatable bonds is 11. The molecule has 1 heterocycles. The van der Waals surface area contributed by atoms with E-state index in [1.54, 1.807) is 7.05 Å². The van der Waals surface area contributed by atoms with E-state index in [1.165, 1.54) is 38.5 Å². The first-order valence-corrected chi connectivity index (χ1v) is 12.3. The minimum absolute atomic E-state index is 0. The summed E-state index contributed by atoms with van der Waals surface area (Å²) in [7, 11) is -1.59. The van der Waals surface area contributed by atoms with Gasteiger partial charge in [-0.15, -0.1) is 24.0 Å². The number of unbranched alkanes of at least 4 members (excludes halogenated alkanes) is 1. The number of nitrogens with zero attached hydrogens (tertiary/aromatic N) is 1. The van der Waals surface area contributed by atoms with Crippen molar-refractivity contribution in [3.05, 3.63) is 0 Å². The number of nitrogens with one attached hydrogen (secondary N) is 3. The maximum Gasteiger partial charge on any atom is 0.213 e. The summed E-state index contributed by atoms with van der Waals surface area (Å²) in [5, 5.41) is 6.35. The van der Waals surface area contributed by atoms with Crippen molar-refractivity contribution in [2.24, 2.45) is 10.9 Å². The first-order chi connectivity index (χ1) is 13.1. The van der Waals surface area contributed by atoms with Crippen molar-refractivity contribution in [1.29, 1.82) is 0 Å². The van der Waals surface area contributed by atoms with E-state index in [0.717, 1.165) is 44.8 Å². The normalized spacial score (nSPS) is 21.3. The Morgan fingerprint density at radius 3 is 2.43 bits per heavy atom. The molecule has 0 spiro atoms. The summed E-state index contributed by atoms with van der Waals surface area (Å²) in [6.07, 6.45) is 12.5. The fraction of sp³-hybridized carbons (Fsp3) is 0.947. The lowest BCUT2D eigenvalue weighted by Crippen LogP contribution is -2.42. The minimum Gasteiger partial charge on any atom is -0.377 e. The molecule has 7 nitrogen and oxygen atoms in total. The van der Waals surface area contributed by atoms with Gasteiger partial charge in [0.2, 0.25) is 10.0 Å². The van der Waals surface area contributed by atoms with Crippen LogP contribution in [-0.2, 0) is 14.8 Å². The number of ether oxygens (including phenoxy) is 1. The Labute approximate surface area is 188 Å². The highest BCUT2D eigenvalue weighted by Crippen LogP contribution is 2.28. The third-order valence-corrected chi connectivity index (χ3v) is 6.85. The second kappa shape index (κ2) is 14.8. The summed E-state index contributed by atoms with van der Waals surface area (Å²) in [4.78, 5) is 4.16. The summed E-state index contributed by atoms with van der Waals surface area (Å²) in [5.41, 5.74) is 0. The smallest absolute Gasteiger partial charge is 0.213 e. The number of guanidine groups is 1. The van der Waals surface area contributed by atoms with E-state index in [0.29, 0.717) is 19.0 Å².